The van der Waals surface area contributed by atoms with Crippen LogP contribution in [0.4, 0.5) is 10.1 Å². The molecule has 2 amide bonds. The SMILES string of the molecule is COc1ccc(CNC(=O)[C@]2(C)Cn3nc(C)cc3C(=O)N2c2ccc(F)cc2)cc1. The number of aromatic nitrogens is 2. The van der Waals surface area contributed by atoms with Gasteiger partial charge in [0.05, 0.1) is 19.3 Å². The summed E-state index contributed by atoms with van der Waals surface area (Å²) >= 11 is 0. The van der Waals surface area contributed by atoms with Crippen molar-refractivity contribution in [1.82, 2.24) is 15.1 Å². The van der Waals surface area contributed by atoms with Crippen molar-refractivity contribution in [2.24, 2.45) is 0 Å². The Bertz CT molecular complexity index is 1120. The maximum Gasteiger partial charge on any atom is 0.277 e. The maximum atomic E-state index is 13.5. The smallest absolute Gasteiger partial charge is 0.277 e. The van der Waals surface area contributed by atoms with E-state index in [0.29, 0.717) is 17.1 Å². The molecule has 4 rings (SSSR count). The fourth-order valence-electron chi connectivity index (χ4n) is 3.82. The van der Waals surface area contributed by atoms with Crippen LogP contribution in [0.1, 0.15) is 28.7 Å². The molecule has 0 unspecified atom stereocenters. The van der Waals surface area contributed by atoms with Gasteiger partial charge in [-0.15, -0.1) is 0 Å². The Morgan fingerprint density at radius 3 is 2.52 bits per heavy atom. The average Bonchev–Trinajstić information content (AvgIpc) is 3.13. The van der Waals surface area contributed by atoms with Gasteiger partial charge in [-0.3, -0.25) is 19.2 Å². The molecule has 1 aliphatic heterocycles. The summed E-state index contributed by atoms with van der Waals surface area (Å²) in [6.07, 6.45) is 0. The zero-order valence-corrected chi connectivity index (χ0v) is 17.6. The van der Waals surface area contributed by atoms with Gasteiger partial charge in [0, 0.05) is 12.2 Å². The van der Waals surface area contributed by atoms with Gasteiger partial charge in [-0.1, -0.05) is 12.1 Å². The number of amides is 2. The first-order valence-corrected chi connectivity index (χ1v) is 9.87. The number of hydrogen-bond acceptors (Lipinski definition) is 4. The van der Waals surface area contributed by atoms with Crippen LogP contribution in [0.15, 0.2) is 54.6 Å². The number of fused-ring (bicyclic) bond motifs is 1. The molecule has 0 spiro atoms. The topological polar surface area (TPSA) is 76.5 Å². The minimum absolute atomic E-state index is 0.174. The molecule has 160 valence electrons. The lowest BCUT2D eigenvalue weighted by Crippen LogP contribution is -2.64. The van der Waals surface area contributed by atoms with Crippen molar-refractivity contribution in [3.63, 3.8) is 0 Å². The van der Waals surface area contributed by atoms with Crippen LogP contribution in [0.2, 0.25) is 0 Å². The van der Waals surface area contributed by atoms with Crippen molar-refractivity contribution >= 4 is 17.5 Å². The van der Waals surface area contributed by atoms with Crippen LogP contribution in [0, 0.1) is 12.7 Å². The molecular weight excluding hydrogens is 399 g/mol. The van der Waals surface area contributed by atoms with Gasteiger partial charge in [-0.25, -0.2) is 4.39 Å². The fourth-order valence-corrected chi connectivity index (χ4v) is 3.82. The lowest BCUT2D eigenvalue weighted by Gasteiger charge is -2.43. The van der Waals surface area contributed by atoms with Crippen molar-refractivity contribution in [3.8, 4) is 5.75 Å². The van der Waals surface area contributed by atoms with E-state index < -0.39 is 11.4 Å². The van der Waals surface area contributed by atoms with Gasteiger partial charge in [-0.05, 0) is 61.9 Å². The Morgan fingerprint density at radius 2 is 1.87 bits per heavy atom. The number of hydrogen-bond donors (Lipinski definition) is 1. The molecule has 2 heterocycles. The third-order valence-corrected chi connectivity index (χ3v) is 5.46. The lowest BCUT2D eigenvalue weighted by molar-refractivity contribution is -0.126. The number of methoxy groups -OCH3 is 1. The monoisotopic (exact) mass is 422 g/mol. The summed E-state index contributed by atoms with van der Waals surface area (Å²) in [4.78, 5) is 28.2. The largest absolute Gasteiger partial charge is 0.497 e. The Hall–Kier alpha value is -3.68. The van der Waals surface area contributed by atoms with E-state index in [4.69, 9.17) is 4.74 Å². The highest BCUT2D eigenvalue weighted by atomic mass is 19.1. The molecule has 8 heteroatoms. The van der Waals surface area contributed by atoms with Crippen molar-refractivity contribution in [2.45, 2.75) is 32.5 Å². The molecule has 1 aliphatic rings. The van der Waals surface area contributed by atoms with Gasteiger partial charge in [-0.2, -0.15) is 5.10 Å². The van der Waals surface area contributed by atoms with E-state index in [9.17, 15) is 14.0 Å². The highest BCUT2D eigenvalue weighted by Crippen LogP contribution is 2.33. The van der Waals surface area contributed by atoms with Crippen LogP contribution in [0.25, 0.3) is 0 Å². The predicted octanol–water partition coefficient (Wildman–Crippen LogP) is 3.07. The number of halogens is 1. The minimum Gasteiger partial charge on any atom is -0.497 e. The summed E-state index contributed by atoms with van der Waals surface area (Å²) in [5, 5.41) is 7.30. The number of nitrogens with zero attached hydrogens (tertiary/aromatic N) is 3. The summed E-state index contributed by atoms with van der Waals surface area (Å²) in [5.74, 6) is -0.385. The second kappa shape index (κ2) is 7.86. The second-order valence-electron chi connectivity index (χ2n) is 7.75. The molecule has 1 N–H and O–H groups in total. The van der Waals surface area contributed by atoms with E-state index in [0.717, 1.165) is 11.3 Å². The van der Waals surface area contributed by atoms with Crippen LogP contribution < -0.4 is 15.0 Å². The van der Waals surface area contributed by atoms with Gasteiger partial charge in [0.15, 0.2) is 0 Å². The van der Waals surface area contributed by atoms with Crippen molar-refractivity contribution < 1.29 is 18.7 Å². The Morgan fingerprint density at radius 1 is 1.19 bits per heavy atom. The number of anilines is 1. The number of aryl methyl sites for hydroxylation is 1. The molecule has 31 heavy (non-hydrogen) atoms. The van der Waals surface area contributed by atoms with E-state index in [-0.39, 0.29) is 24.9 Å². The number of carbonyl (C=O) groups excluding carboxylic acids is 2. The van der Waals surface area contributed by atoms with Gasteiger partial charge in [0.2, 0.25) is 5.91 Å². The van der Waals surface area contributed by atoms with Crippen molar-refractivity contribution in [3.05, 3.63) is 77.4 Å². The molecular formula is C23H23FN4O3. The first-order chi connectivity index (χ1) is 14.8. The van der Waals surface area contributed by atoms with Crippen LogP contribution in [0.3, 0.4) is 0 Å². The molecule has 0 bridgehead atoms. The molecule has 0 saturated carbocycles. The lowest BCUT2D eigenvalue weighted by atomic mass is 9.94. The van der Waals surface area contributed by atoms with E-state index >= 15 is 0 Å². The van der Waals surface area contributed by atoms with E-state index in [2.05, 4.69) is 10.4 Å². The van der Waals surface area contributed by atoms with E-state index in [1.807, 2.05) is 24.3 Å². The van der Waals surface area contributed by atoms with Crippen molar-refractivity contribution in [2.75, 3.05) is 12.0 Å². The fraction of sp³-hybridized carbons (Fsp3) is 0.261. The zero-order valence-electron chi connectivity index (χ0n) is 17.6. The molecule has 0 fully saturated rings. The van der Waals surface area contributed by atoms with Crippen LogP contribution in [0.5, 0.6) is 5.75 Å². The summed E-state index contributed by atoms with van der Waals surface area (Å²) in [5.41, 5.74) is 1.15. The molecule has 1 atom stereocenters. The molecule has 0 saturated heterocycles. The average molecular weight is 422 g/mol. The Balaban J connectivity index is 1.66. The maximum absolute atomic E-state index is 13.5. The quantitative estimate of drug-likeness (QED) is 0.686. The van der Waals surface area contributed by atoms with Gasteiger partial charge < -0.3 is 10.1 Å². The standard InChI is InChI=1S/C23H23FN4O3/c1-15-12-20-21(29)28(18-8-6-17(24)7-9-18)23(2,14-27(20)26-15)22(30)25-13-16-4-10-19(31-3)11-5-16/h4-12H,13-14H2,1-3H3,(H,25,30)/t23-/m0/s1. The zero-order chi connectivity index (χ0) is 22.2. The Kier molecular flexibility index (Phi) is 5.22. The first-order valence-electron chi connectivity index (χ1n) is 9.87. The summed E-state index contributed by atoms with van der Waals surface area (Å²) in [7, 11) is 1.59. The third kappa shape index (κ3) is 3.76. The summed E-state index contributed by atoms with van der Waals surface area (Å²) in [6.45, 7) is 3.95. The number of nitrogens with one attached hydrogen (secondary N) is 1. The molecule has 0 radical (unpaired) electrons. The summed E-state index contributed by atoms with van der Waals surface area (Å²) < 4.78 is 20.2. The highest BCUT2D eigenvalue weighted by molar-refractivity contribution is 6.11. The molecule has 1 aromatic heterocycles. The number of ether oxygens (including phenoxy) is 1. The van der Waals surface area contributed by atoms with Crippen LogP contribution in [-0.2, 0) is 17.9 Å². The second-order valence-corrected chi connectivity index (χ2v) is 7.75. The molecule has 0 aliphatic carbocycles. The number of rotatable bonds is 5. The third-order valence-electron chi connectivity index (χ3n) is 5.46. The normalized spacial score (nSPS) is 17.9. The first kappa shape index (κ1) is 20.6. The number of carbonyl (C=O) groups is 2. The van der Waals surface area contributed by atoms with Crippen LogP contribution >= 0.6 is 0 Å². The Labute approximate surface area is 179 Å². The van der Waals surface area contributed by atoms with Gasteiger partial charge in [0.1, 0.15) is 22.8 Å². The number of benzene rings is 2. The molecule has 3 aromatic rings. The predicted molar refractivity (Wildman–Crippen MR) is 113 cm³/mol. The van der Waals surface area contributed by atoms with Crippen molar-refractivity contribution in [1.29, 1.82) is 0 Å². The molecule has 2 aromatic carbocycles. The van der Waals surface area contributed by atoms with E-state index in [1.54, 1.807) is 31.7 Å². The van der Waals surface area contributed by atoms with E-state index in [1.165, 1.54) is 29.2 Å². The summed E-state index contributed by atoms with van der Waals surface area (Å²) in [6, 6.07) is 14.6. The van der Waals surface area contributed by atoms with Crippen LogP contribution in [-0.4, -0.2) is 34.2 Å². The van der Waals surface area contributed by atoms with Gasteiger partial charge >= 0.3 is 0 Å². The molecule has 7 nitrogen and oxygen atoms in total. The minimum atomic E-state index is -1.26. The highest BCUT2D eigenvalue weighted by Gasteiger charge is 2.48. The van der Waals surface area contributed by atoms with Gasteiger partial charge in [0.25, 0.3) is 5.91 Å².